The molecule has 0 radical (unpaired) electrons. The van der Waals surface area contributed by atoms with Crippen molar-refractivity contribution in [2.75, 3.05) is 13.2 Å². The van der Waals surface area contributed by atoms with Crippen molar-refractivity contribution in [3.05, 3.63) is 24.3 Å². The Kier molecular flexibility index (Phi) is 5.83. The summed E-state index contributed by atoms with van der Waals surface area (Å²) in [6, 6.07) is 6.50. The third kappa shape index (κ3) is 4.69. The van der Waals surface area contributed by atoms with E-state index in [1.165, 1.54) is 6.42 Å². The third-order valence-electron chi connectivity index (χ3n) is 4.07. The van der Waals surface area contributed by atoms with Gasteiger partial charge in [0.25, 0.3) is 0 Å². The molecule has 6 heteroatoms. The number of nitrogens with one attached hydrogen (secondary N) is 1. The van der Waals surface area contributed by atoms with Crippen LogP contribution in [0.3, 0.4) is 0 Å². The number of nitrogens with two attached hydrogens (primary N) is 1. The Morgan fingerprint density at radius 3 is 2.41 bits per heavy atom. The molecule has 0 saturated heterocycles. The number of hydrogen-bond donors (Lipinski definition) is 2. The van der Waals surface area contributed by atoms with Gasteiger partial charge in [0.05, 0.1) is 11.5 Å². The molecule has 0 unspecified atom stereocenters. The highest BCUT2D eigenvalue weighted by Crippen LogP contribution is 2.25. The smallest absolute Gasteiger partial charge is 0.240 e. The monoisotopic (exact) mass is 326 g/mol. The molecule has 0 atom stereocenters. The molecule has 0 bridgehead atoms. The molecule has 0 spiro atoms. The molecule has 0 amide bonds. The largest absolute Gasteiger partial charge is 0.494 e. The van der Waals surface area contributed by atoms with E-state index in [0.717, 1.165) is 32.1 Å². The van der Waals surface area contributed by atoms with Crippen LogP contribution in [0.2, 0.25) is 0 Å². The van der Waals surface area contributed by atoms with E-state index in [-0.39, 0.29) is 4.90 Å². The first-order valence-electron chi connectivity index (χ1n) is 7.97. The zero-order chi connectivity index (χ0) is 16.1. The van der Waals surface area contributed by atoms with Crippen LogP contribution >= 0.6 is 0 Å². The molecule has 1 fully saturated rings. The Morgan fingerprint density at radius 1 is 1.18 bits per heavy atom. The van der Waals surface area contributed by atoms with Crippen molar-refractivity contribution in [1.82, 2.24) is 4.72 Å². The van der Waals surface area contributed by atoms with Crippen molar-refractivity contribution < 1.29 is 13.2 Å². The summed E-state index contributed by atoms with van der Waals surface area (Å²) in [7, 11) is -3.52. The Bertz CT molecular complexity index is 564. The van der Waals surface area contributed by atoms with E-state index < -0.39 is 15.6 Å². The number of benzene rings is 1. The number of rotatable bonds is 7. The van der Waals surface area contributed by atoms with Gasteiger partial charge in [0.15, 0.2) is 0 Å². The van der Waals surface area contributed by atoms with Gasteiger partial charge in [0.2, 0.25) is 10.0 Å². The minimum absolute atomic E-state index is 0.246. The van der Waals surface area contributed by atoms with Crippen molar-refractivity contribution in [3.8, 4) is 5.75 Å². The second-order valence-electron chi connectivity index (χ2n) is 6.07. The number of hydrogen-bond acceptors (Lipinski definition) is 4. The summed E-state index contributed by atoms with van der Waals surface area (Å²) < 4.78 is 32.8. The zero-order valence-corrected chi connectivity index (χ0v) is 14.0. The highest BCUT2D eigenvalue weighted by molar-refractivity contribution is 7.89. The molecule has 1 aliphatic rings. The quantitative estimate of drug-likeness (QED) is 0.806. The molecule has 1 saturated carbocycles. The van der Waals surface area contributed by atoms with Crippen LogP contribution in [0.5, 0.6) is 5.75 Å². The zero-order valence-electron chi connectivity index (χ0n) is 13.2. The first-order chi connectivity index (χ1) is 10.5. The lowest BCUT2D eigenvalue weighted by Crippen LogP contribution is -2.51. The Hall–Kier alpha value is -1.11. The van der Waals surface area contributed by atoms with Crippen molar-refractivity contribution in [3.63, 3.8) is 0 Å². The molecular formula is C16H26N2O3S. The van der Waals surface area contributed by atoms with E-state index in [2.05, 4.69) is 4.72 Å². The van der Waals surface area contributed by atoms with Gasteiger partial charge in [-0.3, -0.25) is 0 Å². The van der Waals surface area contributed by atoms with Gasteiger partial charge in [-0.2, -0.15) is 0 Å². The van der Waals surface area contributed by atoms with Crippen LogP contribution in [0.1, 0.15) is 45.4 Å². The molecular weight excluding hydrogens is 300 g/mol. The van der Waals surface area contributed by atoms with Crippen LogP contribution in [-0.4, -0.2) is 27.1 Å². The molecule has 0 heterocycles. The van der Waals surface area contributed by atoms with E-state index in [1.807, 2.05) is 6.92 Å². The second kappa shape index (κ2) is 7.44. The van der Waals surface area contributed by atoms with E-state index in [0.29, 0.717) is 18.9 Å². The molecule has 3 N–H and O–H groups in total. The fourth-order valence-electron chi connectivity index (χ4n) is 2.69. The van der Waals surface area contributed by atoms with Gasteiger partial charge >= 0.3 is 0 Å². The lowest BCUT2D eigenvalue weighted by molar-refractivity contribution is 0.296. The van der Waals surface area contributed by atoms with Crippen LogP contribution in [0.15, 0.2) is 29.2 Å². The minimum Gasteiger partial charge on any atom is -0.494 e. The Labute approximate surface area is 133 Å². The summed E-state index contributed by atoms with van der Waals surface area (Å²) in [6.45, 7) is 2.94. The highest BCUT2D eigenvalue weighted by Gasteiger charge is 2.29. The maximum atomic E-state index is 12.3. The first kappa shape index (κ1) is 17.2. The van der Waals surface area contributed by atoms with E-state index in [4.69, 9.17) is 10.5 Å². The molecule has 5 nitrogen and oxygen atoms in total. The molecule has 1 aromatic carbocycles. The standard InChI is InChI=1S/C16H26N2O3S/c1-2-12-21-14-6-8-15(9-7-14)22(19,20)18-13-16(17)10-4-3-5-11-16/h6-9,18H,2-5,10-13,17H2,1H3. The minimum atomic E-state index is -3.52. The average molecular weight is 326 g/mol. The van der Waals surface area contributed by atoms with Gasteiger partial charge in [0.1, 0.15) is 5.75 Å². The maximum Gasteiger partial charge on any atom is 0.240 e. The fourth-order valence-corrected chi connectivity index (χ4v) is 3.83. The summed E-state index contributed by atoms with van der Waals surface area (Å²) in [5.74, 6) is 0.684. The van der Waals surface area contributed by atoms with Crippen molar-refractivity contribution in [2.45, 2.75) is 55.9 Å². The molecule has 22 heavy (non-hydrogen) atoms. The fraction of sp³-hybridized carbons (Fsp3) is 0.625. The number of ether oxygens (including phenoxy) is 1. The van der Waals surface area contributed by atoms with Gasteiger partial charge < -0.3 is 10.5 Å². The van der Waals surface area contributed by atoms with E-state index in [1.54, 1.807) is 24.3 Å². The van der Waals surface area contributed by atoms with Crippen LogP contribution in [-0.2, 0) is 10.0 Å². The summed E-state index contributed by atoms with van der Waals surface area (Å²) in [6.07, 6.45) is 5.99. The topological polar surface area (TPSA) is 81.4 Å². The third-order valence-corrected chi connectivity index (χ3v) is 5.49. The van der Waals surface area contributed by atoms with Gasteiger partial charge in [-0.05, 0) is 43.5 Å². The van der Waals surface area contributed by atoms with Gasteiger partial charge in [-0.15, -0.1) is 0 Å². The van der Waals surface area contributed by atoms with Gasteiger partial charge in [-0.1, -0.05) is 26.2 Å². The number of sulfonamides is 1. The van der Waals surface area contributed by atoms with Gasteiger partial charge in [-0.25, -0.2) is 13.1 Å². The summed E-state index contributed by atoms with van der Waals surface area (Å²) in [5, 5.41) is 0. The highest BCUT2D eigenvalue weighted by atomic mass is 32.2. The average Bonchev–Trinajstić information content (AvgIpc) is 2.52. The lowest BCUT2D eigenvalue weighted by Gasteiger charge is -2.33. The SMILES string of the molecule is CCCOc1ccc(S(=O)(=O)NCC2(N)CCCCC2)cc1. The molecule has 0 aliphatic heterocycles. The van der Waals surface area contributed by atoms with Crippen molar-refractivity contribution in [1.29, 1.82) is 0 Å². The Balaban J connectivity index is 1.97. The predicted octanol–water partition coefficient (Wildman–Crippen LogP) is 2.42. The second-order valence-corrected chi connectivity index (χ2v) is 7.83. The first-order valence-corrected chi connectivity index (χ1v) is 9.45. The predicted molar refractivity (Wildman–Crippen MR) is 87.4 cm³/mol. The summed E-state index contributed by atoms with van der Waals surface area (Å²) in [4.78, 5) is 0.246. The molecule has 124 valence electrons. The van der Waals surface area contributed by atoms with Crippen molar-refractivity contribution >= 4 is 10.0 Å². The summed E-state index contributed by atoms with van der Waals surface area (Å²) >= 11 is 0. The van der Waals surface area contributed by atoms with Crippen molar-refractivity contribution in [2.24, 2.45) is 5.73 Å². The summed E-state index contributed by atoms with van der Waals surface area (Å²) in [5.41, 5.74) is 5.87. The molecule has 2 rings (SSSR count). The van der Waals surface area contributed by atoms with Gasteiger partial charge in [0, 0.05) is 12.1 Å². The van der Waals surface area contributed by atoms with Crippen LogP contribution < -0.4 is 15.2 Å². The van der Waals surface area contributed by atoms with E-state index in [9.17, 15) is 8.42 Å². The van der Waals surface area contributed by atoms with Crippen LogP contribution in [0, 0.1) is 0 Å². The normalized spacial score (nSPS) is 18.1. The Morgan fingerprint density at radius 2 is 1.82 bits per heavy atom. The van der Waals surface area contributed by atoms with Crippen LogP contribution in [0.25, 0.3) is 0 Å². The van der Waals surface area contributed by atoms with Crippen LogP contribution in [0.4, 0.5) is 0 Å². The maximum absolute atomic E-state index is 12.3. The molecule has 0 aromatic heterocycles. The van der Waals surface area contributed by atoms with E-state index >= 15 is 0 Å². The molecule has 1 aliphatic carbocycles. The molecule has 1 aromatic rings. The lowest BCUT2D eigenvalue weighted by atomic mass is 9.83.